The second-order valence-electron chi connectivity index (χ2n) is 8.08. The van der Waals surface area contributed by atoms with E-state index in [1.807, 2.05) is 20.8 Å². The van der Waals surface area contributed by atoms with Crippen molar-refractivity contribution in [1.29, 1.82) is 0 Å². The fourth-order valence-corrected chi connectivity index (χ4v) is 1.70. The summed E-state index contributed by atoms with van der Waals surface area (Å²) < 4.78 is 14.5. The highest BCUT2D eigenvalue weighted by molar-refractivity contribution is 6.61. The summed E-state index contributed by atoms with van der Waals surface area (Å²) in [6.07, 6.45) is 1.98. The van der Waals surface area contributed by atoms with Crippen LogP contribution < -0.4 is 10.6 Å². The second kappa shape index (κ2) is 16.1. The van der Waals surface area contributed by atoms with Gasteiger partial charge in [-0.05, 0) is 67.2 Å². The number of amides is 2. The molecule has 0 rings (SSSR count). The van der Waals surface area contributed by atoms with E-state index in [2.05, 4.69) is 15.4 Å². The Bertz CT molecular complexity index is 474. The van der Waals surface area contributed by atoms with Gasteiger partial charge in [0.05, 0.1) is 6.61 Å². The first-order valence-corrected chi connectivity index (χ1v) is 10.0. The van der Waals surface area contributed by atoms with E-state index in [-0.39, 0.29) is 13.2 Å². The van der Waals surface area contributed by atoms with Crippen LogP contribution >= 0.6 is 11.6 Å². The summed E-state index contributed by atoms with van der Waals surface area (Å²) in [6, 6.07) is 0. The van der Waals surface area contributed by atoms with Gasteiger partial charge in [-0.1, -0.05) is 0 Å². The van der Waals surface area contributed by atoms with Crippen molar-refractivity contribution in [1.82, 2.24) is 10.6 Å². The molecule has 0 aromatic carbocycles. The predicted octanol–water partition coefficient (Wildman–Crippen LogP) is 3.95. The van der Waals surface area contributed by atoms with Crippen LogP contribution in [0.4, 0.5) is 14.4 Å². The van der Waals surface area contributed by atoms with Crippen molar-refractivity contribution in [2.75, 3.05) is 26.3 Å². The van der Waals surface area contributed by atoms with Crippen LogP contribution in [0.1, 0.15) is 67.2 Å². The lowest BCUT2D eigenvalue weighted by Gasteiger charge is -2.19. The smallest absolute Gasteiger partial charge is 0.407 e. The molecule has 0 unspecified atom stereocenters. The average Bonchev–Trinajstić information content (AvgIpc) is 2.52. The van der Waals surface area contributed by atoms with Crippen LogP contribution in [0.5, 0.6) is 0 Å². The third kappa shape index (κ3) is 28.6. The van der Waals surface area contributed by atoms with Crippen LogP contribution in [0, 0.1) is 0 Å². The lowest BCUT2D eigenvalue weighted by atomic mass is 10.2. The first-order valence-electron chi connectivity index (χ1n) is 9.63. The number of hydrogen-bond acceptors (Lipinski definition) is 7. The Morgan fingerprint density at radius 1 is 0.793 bits per heavy atom. The number of alkyl carbamates (subject to hydrolysis) is 2. The van der Waals surface area contributed by atoms with Crippen molar-refractivity contribution < 1.29 is 33.7 Å². The molecule has 0 heterocycles. The van der Waals surface area contributed by atoms with Gasteiger partial charge < -0.3 is 30.0 Å². The van der Waals surface area contributed by atoms with Crippen LogP contribution in [0.3, 0.4) is 0 Å². The van der Waals surface area contributed by atoms with Gasteiger partial charge in [0.15, 0.2) is 0 Å². The maximum Gasteiger partial charge on any atom is 0.407 e. The van der Waals surface area contributed by atoms with E-state index in [0.29, 0.717) is 32.4 Å². The number of aliphatic hydroxyl groups excluding tert-OH is 1. The Balaban J connectivity index is 0. The molecule has 29 heavy (non-hydrogen) atoms. The predicted molar refractivity (Wildman–Crippen MR) is 111 cm³/mol. The molecule has 0 fully saturated rings. The molecule has 0 aromatic heterocycles. The lowest BCUT2D eigenvalue weighted by Crippen LogP contribution is -2.33. The van der Waals surface area contributed by atoms with Crippen LogP contribution in [0.15, 0.2) is 0 Å². The van der Waals surface area contributed by atoms with Gasteiger partial charge >= 0.3 is 17.6 Å². The zero-order chi connectivity index (χ0) is 22.9. The fraction of sp³-hybridized carbons (Fsp3) is 0.842. The molecule has 0 spiro atoms. The van der Waals surface area contributed by atoms with Gasteiger partial charge in [-0.15, -0.1) is 0 Å². The van der Waals surface area contributed by atoms with Gasteiger partial charge in [-0.25, -0.2) is 14.4 Å². The molecule has 0 aliphatic carbocycles. The summed E-state index contributed by atoms with van der Waals surface area (Å²) in [5.41, 5.74) is -1.74. The van der Waals surface area contributed by atoms with Crippen molar-refractivity contribution in [3.05, 3.63) is 0 Å². The van der Waals surface area contributed by atoms with E-state index in [1.165, 1.54) is 0 Å². The van der Waals surface area contributed by atoms with Gasteiger partial charge in [0, 0.05) is 31.3 Å². The summed E-state index contributed by atoms with van der Waals surface area (Å²) in [5, 5.41) is 13.7. The molecule has 0 aliphatic heterocycles. The largest absolute Gasteiger partial charge is 0.454 e. The molecule has 0 atom stereocenters. The van der Waals surface area contributed by atoms with E-state index in [1.54, 1.807) is 20.8 Å². The zero-order valence-electron chi connectivity index (χ0n) is 18.4. The average molecular weight is 441 g/mol. The van der Waals surface area contributed by atoms with E-state index < -0.39 is 28.8 Å². The van der Waals surface area contributed by atoms with Crippen LogP contribution in [0.25, 0.3) is 0 Å². The molecular formula is C19H37ClN2O7. The highest BCUT2D eigenvalue weighted by Gasteiger charge is 2.16. The van der Waals surface area contributed by atoms with Gasteiger partial charge in [0.1, 0.15) is 11.2 Å². The molecule has 9 nitrogen and oxygen atoms in total. The minimum absolute atomic E-state index is 0.163. The van der Waals surface area contributed by atoms with Gasteiger partial charge in [0.2, 0.25) is 0 Å². The molecule has 0 radical (unpaired) electrons. The van der Waals surface area contributed by atoms with E-state index in [0.717, 1.165) is 6.42 Å². The second-order valence-corrected chi connectivity index (χ2v) is 8.39. The Kier molecular flexibility index (Phi) is 16.4. The minimum Gasteiger partial charge on any atom is -0.454 e. The Labute approximate surface area is 178 Å². The third-order valence-corrected chi connectivity index (χ3v) is 2.82. The normalized spacial score (nSPS) is 10.9. The number of unbranched alkanes of at least 4 members (excludes halogenated alkanes) is 2. The van der Waals surface area contributed by atoms with Gasteiger partial charge in [0.25, 0.3) is 0 Å². The number of carbonyl (C=O) groups is 3. The van der Waals surface area contributed by atoms with Crippen LogP contribution in [0.2, 0.25) is 0 Å². The number of ether oxygens (including phenoxy) is 3. The summed E-state index contributed by atoms with van der Waals surface area (Å²) in [7, 11) is 0. The van der Waals surface area contributed by atoms with Crippen molar-refractivity contribution in [3.63, 3.8) is 0 Å². The summed E-state index contributed by atoms with van der Waals surface area (Å²) in [6.45, 7) is 12.3. The molecule has 2 amide bonds. The molecule has 3 N–H and O–H groups in total. The first-order chi connectivity index (χ1) is 13.3. The quantitative estimate of drug-likeness (QED) is 0.281. The molecule has 0 saturated heterocycles. The fourth-order valence-electron chi connectivity index (χ4n) is 1.63. The molecule has 0 saturated carbocycles. The van der Waals surface area contributed by atoms with E-state index >= 15 is 0 Å². The molecule has 0 aliphatic rings. The minimum atomic E-state index is -0.805. The zero-order valence-corrected chi connectivity index (χ0v) is 19.2. The summed E-state index contributed by atoms with van der Waals surface area (Å²) >= 11 is 4.96. The number of halogens is 1. The standard InChI is InChI=1S/C10H18ClNO4.C9H19NO3/c1-10(2,3)16-9(14)12-6-4-5-7-15-8(11)13;1-9(2,3)13-8(12)10-6-4-5-7-11/h4-7H2,1-3H3,(H,12,14);11H,4-7H2,1-3H3,(H,10,12). The number of nitrogens with one attached hydrogen (secondary N) is 2. The highest BCUT2D eigenvalue weighted by atomic mass is 35.5. The van der Waals surface area contributed by atoms with Crippen LogP contribution in [-0.4, -0.2) is 60.2 Å². The summed E-state index contributed by atoms with van der Waals surface area (Å²) in [5.74, 6) is 0. The Morgan fingerprint density at radius 3 is 1.55 bits per heavy atom. The lowest BCUT2D eigenvalue weighted by molar-refractivity contribution is 0.0514. The molecule has 0 aromatic rings. The first kappa shape index (κ1) is 29.5. The van der Waals surface area contributed by atoms with Crippen molar-refractivity contribution in [2.45, 2.75) is 78.4 Å². The van der Waals surface area contributed by atoms with E-state index in [9.17, 15) is 14.4 Å². The number of carbonyl (C=O) groups excluding carboxylic acids is 3. The van der Waals surface area contributed by atoms with Crippen molar-refractivity contribution >= 4 is 29.2 Å². The van der Waals surface area contributed by atoms with Crippen LogP contribution in [-0.2, 0) is 14.2 Å². The highest BCUT2D eigenvalue weighted by Crippen LogP contribution is 2.07. The topological polar surface area (TPSA) is 123 Å². The van der Waals surface area contributed by atoms with Crippen molar-refractivity contribution in [3.8, 4) is 0 Å². The Morgan fingerprint density at radius 2 is 1.21 bits per heavy atom. The van der Waals surface area contributed by atoms with Crippen molar-refractivity contribution in [2.24, 2.45) is 0 Å². The monoisotopic (exact) mass is 440 g/mol. The number of aliphatic hydroxyl groups is 1. The number of rotatable bonds is 9. The molecule has 172 valence electrons. The molecule has 10 heteroatoms. The van der Waals surface area contributed by atoms with E-state index in [4.69, 9.17) is 26.2 Å². The molecular weight excluding hydrogens is 404 g/mol. The van der Waals surface area contributed by atoms with Gasteiger partial charge in [-0.2, -0.15) is 0 Å². The summed E-state index contributed by atoms with van der Waals surface area (Å²) in [4.78, 5) is 32.4. The maximum absolute atomic E-state index is 11.2. The maximum atomic E-state index is 11.2. The molecule has 0 bridgehead atoms. The number of hydrogen-bond donors (Lipinski definition) is 3. The van der Waals surface area contributed by atoms with Gasteiger partial charge in [-0.3, -0.25) is 0 Å². The SMILES string of the molecule is CC(C)(C)OC(=O)NCCCCO.CC(C)(C)OC(=O)NCCCCOC(=O)Cl. The third-order valence-electron chi connectivity index (χ3n) is 2.71. The Hall–Kier alpha value is -1.74.